The van der Waals surface area contributed by atoms with E-state index in [0.29, 0.717) is 10.8 Å². The number of hydrogen-bond acceptors (Lipinski definition) is 2. The van der Waals surface area contributed by atoms with Crippen LogP contribution in [0.15, 0.2) is 0 Å². The summed E-state index contributed by atoms with van der Waals surface area (Å²) < 4.78 is 5.63. The van der Waals surface area contributed by atoms with E-state index in [1.807, 2.05) is 0 Å². The van der Waals surface area contributed by atoms with Crippen LogP contribution in [0, 0.1) is 10.8 Å². The molecule has 0 radical (unpaired) electrons. The fourth-order valence-electron chi connectivity index (χ4n) is 2.77. The van der Waals surface area contributed by atoms with Crippen LogP contribution in [-0.2, 0) is 4.74 Å². The van der Waals surface area contributed by atoms with E-state index < -0.39 is 0 Å². The molecule has 0 bridgehead atoms. The van der Waals surface area contributed by atoms with Crippen LogP contribution in [0.4, 0.5) is 0 Å². The van der Waals surface area contributed by atoms with Crippen molar-refractivity contribution >= 4 is 0 Å². The molecule has 1 aliphatic heterocycles. The van der Waals surface area contributed by atoms with Crippen LogP contribution < -0.4 is 5.73 Å². The molecule has 2 nitrogen and oxygen atoms in total. The SMILES string of the molecule is CC(C)(C)CC1(CCN)CCCOC1. The van der Waals surface area contributed by atoms with Gasteiger partial charge in [0.2, 0.25) is 0 Å². The zero-order valence-electron chi connectivity index (χ0n) is 9.94. The summed E-state index contributed by atoms with van der Waals surface area (Å²) in [5, 5.41) is 0. The first kappa shape index (κ1) is 12.0. The highest BCUT2D eigenvalue weighted by Crippen LogP contribution is 2.42. The smallest absolute Gasteiger partial charge is 0.0523 e. The molecule has 1 unspecified atom stereocenters. The monoisotopic (exact) mass is 199 g/mol. The first-order valence-corrected chi connectivity index (χ1v) is 5.75. The minimum absolute atomic E-state index is 0.366. The Bertz CT molecular complexity index is 160. The topological polar surface area (TPSA) is 35.2 Å². The van der Waals surface area contributed by atoms with Crippen molar-refractivity contribution in [2.24, 2.45) is 16.6 Å². The van der Waals surface area contributed by atoms with Crippen molar-refractivity contribution in [2.75, 3.05) is 19.8 Å². The lowest BCUT2D eigenvalue weighted by atomic mass is 9.69. The Kier molecular flexibility index (Phi) is 3.96. The highest BCUT2D eigenvalue weighted by molar-refractivity contribution is 4.86. The maximum absolute atomic E-state index is 5.71. The zero-order chi connectivity index (χ0) is 10.7. The minimum Gasteiger partial charge on any atom is -0.381 e. The van der Waals surface area contributed by atoms with E-state index in [4.69, 9.17) is 10.5 Å². The Balaban J connectivity index is 2.60. The number of ether oxygens (including phenoxy) is 1. The molecule has 1 fully saturated rings. The summed E-state index contributed by atoms with van der Waals surface area (Å²) in [6, 6.07) is 0. The minimum atomic E-state index is 0.366. The van der Waals surface area contributed by atoms with Crippen LogP contribution in [0.3, 0.4) is 0 Å². The highest BCUT2D eigenvalue weighted by atomic mass is 16.5. The van der Waals surface area contributed by atoms with Crippen LogP contribution in [0.25, 0.3) is 0 Å². The van der Waals surface area contributed by atoms with Crippen molar-refractivity contribution in [1.82, 2.24) is 0 Å². The molecule has 1 aliphatic rings. The molecular weight excluding hydrogens is 174 g/mol. The van der Waals surface area contributed by atoms with Gasteiger partial charge in [0, 0.05) is 6.61 Å². The first-order valence-electron chi connectivity index (χ1n) is 5.75. The summed E-state index contributed by atoms with van der Waals surface area (Å²) in [6.45, 7) is 9.57. The van der Waals surface area contributed by atoms with E-state index in [0.717, 1.165) is 26.2 Å². The average molecular weight is 199 g/mol. The number of rotatable bonds is 3. The van der Waals surface area contributed by atoms with Gasteiger partial charge in [-0.25, -0.2) is 0 Å². The summed E-state index contributed by atoms with van der Waals surface area (Å²) in [7, 11) is 0. The number of nitrogens with two attached hydrogens (primary N) is 1. The van der Waals surface area contributed by atoms with Crippen LogP contribution in [0.1, 0.15) is 46.5 Å². The second kappa shape index (κ2) is 4.63. The van der Waals surface area contributed by atoms with E-state index in [1.54, 1.807) is 0 Å². The molecule has 0 amide bonds. The fourth-order valence-corrected chi connectivity index (χ4v) is 2.77. The largest absolute Gasteiger partial charge is 0.381 e. The molecule has 2 heteroatoms. The van der Waals surface area contributed by atoms with Crippen LogP contribution in [0.5, 0.6) is 0 Å². The second-order valence-corrected chi connectivity index (χ2v) is 5.93. The Morgan fingerprint density at radius 2 is 2.07 bits per heavy atom. The lowest BCUT2D eigenvalue weighted by Crippen LogP contribution is -2.37. The maximum Gasteiger partial charge on any atom is 0.0523 e. The summed E-state index contributed by atoms with van der Waals surface area (Å²) in [4.78, 5) is 0. The van der Waals surface area contributed by atoms with Crippen molar-refractivity contribution in [3.05, 3.63) is 0 Å². The molecule has 0 aliphatic carbocycles. The third kappa shape index (κ3) is 3.58. The normalized spacial score (nSPS) is 29.1. The predicted octanol–water partition coefficient (Wildman–Crippen LogP) is 2.57. The molecule has 0 spiro atoms. The van der Waals surface area contributed by atoms with Crippen molar-refractivity contribution in [2.45, 2.75) is 46.5 Å². The van der Waals surface area contributed by atoms with E-state index in [-0.39, 0.29) is 0 Å². The van der Waals surface area contributed by atoms with E-state index in [1.165, 1.54) is 19.3 Å². The van der Waals surface area contributed by atoms with Gasteiger partial charge in [-0.3, -0.25) is 0 Å². The quantitative estimate of drug-likeness (QED) is 0.758. The summed E-state index contributed by atoms with van der Waals surface area (Å²) in [6.07, 6.45) is 4.85. The second-order valence-electron chi connectivity index (χ2n) is 5.93. The fraction of sp³-hybridized carbons (Fsp3) is 1.00. The van der Waals surface area contributed by atoms with Crippen LogP contribution in [0.2, 0.25) is 0 Å². The lowest BCUT2D eigenvalue weighted by molar-refractivity contribution is -0.0326. The molecule has 1 saturated heterocycles. The summed E-state index contributed by atoms with van der Waals surface area (Å²) in [5.41, 5.74) is 6.46. The Labute approximate surface area is 88.2 Å². The predicted molar refractivity (Wildman–Crippen MR) is 60.2 cm³/mol. The number of hydrogen-bond donors (Lipinski definition) is 1. The third-order valence-corrected chi connectivity index (χ3v) is 2.98. The Morgan fingerprint density at radius 3 is 2.50 bits per heavy atom. The lowest BCUT2D eigenvalue weighted by Gasteiger charge is -2.41. The molecule has 0 saturated carbocycles. The van der Waals surface area contributed by atoms with Crippen LogP contribution >= 0.6 is 0 Å². The first-order chi connectivity index (χ1) is 6.47. The van der Waals surface area contributed by atoms with E-state index >= 15 is 0 Å². The molecule has 1 atom stereocenters. The van der Waals surface area contributed by atoms with Crippen molar-refractivity contribution < 1.29 is 4.74 Å². The average Bonchev–Trinajstić information content (AvgIpc) is 2.02. The third-order valence-electron chi connectivity index (χ3n) is 2.98. The molecule has 0 aromatic carbocycles. The van der Waals surface area contributed by atoms with Gasteiger partial charge in [-0.2, -0.15) is 0 Å². The van der Waals surface area contributed by atoms with Gasteiger partial charge in [-0.15, -0.1) is 0 Å². The summed E-state index contributed by atoms with van der Waals surface area (Å²) in [5.74, 6) is 0. The molecule has 0 aromatic rings. The molecule has 1 rings (SSSR count). The van der Waals surface area contributed by atoms with Gasteiger partial charge in [0.1, 0.15) is 0 Å². The zero-order valence-corrected chi connectivity index (χ0v) is 9.94. The van der Waals surface area contributed by atoms with Crippen molar-refractivity contribution in [1.29, 1.82) is 0 Å². The molecule has 14 heavy (non-hydrogen) atoms. The van der Waals surface area contributed by atoms with Gasteiger partial charge in [-0.1, -0.05) is 20.8 Å². The maximum atomic E-state index is 5.71. The summed E-state index contributed by atoms with van der Waals surface area (Å²) >= 11 is 0. The molecule has 1 heterocycles. The highest BCUT2D eigenvalue weighted by Gasteiger charge is 2.35. The van der Waals surface area contributed by atoms with Gasteiger partial charge < -0.3 is 10.5 Å². The van der Waals surface area contributed by atoms with Crippen molar-refractivity contribution in [3.8, 4) is 0 Å². The van der Waals surface area contributed by atoms with E-state index in [9.17, 15) is 0 Å². The van der Waals surface area contributed by atoms with Gasteiger partial charge in [0.05, 0.1) is 6.61 Å². The van der Waals surface area contributed by atoms with Gasteiger partial charge in [0.15, 0.2) is 0 Å². The van der Waals surface area contributed by atoms with E-state index in [2.05, 4.69) is 20.8 Å². The molecular formula is C12H25NO. The molecule has 0 aromatic heterocycles. The standard InChI is InChI=1S/C12H25NO/c1-11(2,3)9-12(6-7-13)5-4-8-14-10-12/h4-10,13H2,1-3H3. The Hall–Kier alpha value is -0.0800. The van der Waals surface area contributed by atoms with Crippen LogP contribution in [-0.4, -0.2) is 19.8 Å². The molecule has 84 valence electrons. The Morgan fingerprint density at radius 1 is 1.36 bits per heavy atom. The van der Waals surface area contributed by atoms with Gasteiger partial charge in [0.25, 0.3) is 0 Å². The van der Waals surface area contributed by atoms with Crippen molar-refractivity contribution in [3.63, 3.8) is 0 Å². The molecule has 2 N–H and O–H groups in total. The van der Waals surface area contributed by atoms with Gasteiger partial charge in [-0.05, 0) is 43.1 Å². The van der Waals surface area contributed by atoms with Gasteiger partial charge >= 0.3 is 0 Å².